The van der Waals surface area contributed by atoms with Crippen molar-refractivity contribution in [3.63, 3.8) is 0 Å². The predicted octanol–water partition coefficient (Wildman–Crippen LogP) is 4.19. The number of anilines is 2. The largest absolute Gasteiger partial charge is 0.510 e. The van der Waals surface area contributed by atoms with Crippen LogP contribution in [0.5, 0.6) is 0 Å². The second-order valence-electron chi connectivity index (χ2n) is 8.60. The number of sulfonamides is 1. The number of aryl methyl sites for hydroxylation is 1. The number of carbonyl (C=O) groups is 1. The van der Waals surface area contributed by atoms with Crippen LogP contribution in [0.4, 0.5) is 16.4 Å². The molecule has 0 aliphatic heterocycles. The van der Waals surface area contributed by atoms with Crippen LogP contribution in [0.25, 0.3) is 10.8 Å². The summed E-state index contributed by atoms with van der Waals surface area (Å²) in [6, 6.07) is 10.3. The van der Waals surface area contributed by atoms with Gasteiger partial charge >= 0.3 is 6.16 Å². The average molecular weight is 551 g/mol. The van der Waals surface area contributed by atoms with Crippen LogP contribution in [0.3, 0.4) is 0 Å². The molecule has 13 nitrogen and oxygen atoms in total. The maximum absolute atomic E-state index is 14.1. The molecule has 1 atom stereocenters. The third-order valence-corrected chi connectivity index (χ3v) is 7.66. The van der Waals surface area contributed by atoms with Crippen LogP contribution in [0.1, 0.15) is 31.0 Å². The molecule has 0 aliphatic rings. The van der Waals surface area contributed by atoms with Crippen molar-refractivity contribution in [1.29, 1.82) is 0 Å². The number of nitrogens with zero attached hydrogens (tertiary/aromatic N) is 4. The van der Waals surface area contributed by atoms with Crippen molar-refractivity contribution in [3.05, 3.63) is 57.8 Å². The van der Waals surface area contributed by atoms with Gasteiger partial charge in [-0.15, -0.1) is 10.1 Å². The zero-order valence-electron chi connectivity index (χ0n) is 21.7. The number of benzene rings is 2. The maximum Gasteiger partial charge on any atom is 0.510 e. The quantitative estimate of drug-likeness (QED) is 0.105. The molecule has 0 saturated heterocycles. The van der Waals surface area contributed by atoms with E-state index in [1.165, 1.54) is 13.0 Å². The van der Waals surface area contributed by atoms with E-state index in [4.69, 9.17) is 14.0 Å². The van der Waals surface area contributed by atoms with Crippen molar-refractivity contribution < 1.29 is 37.1 Å². The fraction of sp³-hybridized carbons (Fsp3) is 0.417. The topological polar surface area (TPSA) is 155 Å². The van der Waals surface area contributed by atoms with Crippen LogP contribution in [0.2, 0.25) is 0 Å². The Labute approximate surface area is 220 Å². The highest BCUT2D eigenvalue weighted by atomic mass is 32.2. The molecular formula is C24H30N4O9S. The molecule has 1 unspecified atom stereocenters. The molecular weight excluding hydrogens is 520 g/mol. The van der Waals surface area contributed by atoms with Gasteiger partial charge in [-0.25, -0.2) is 13.2 Å². The van der Waals surface area contributed by atoms with Crippen LogP contribution in [-0.2, 0) is 24.3 Å². The molecule has 0 bridgehead atoms. The van der Waals surface area contributed by atoms with Gasteiger partial charge in [0.2, 0.25) is 5.88 Å². The fourth-order valence-electron chi connectivity index (χ4n) is 3.78. The first-order valence-corrected chi connectivity index (χ1v) is 13.2. The van der Waals surface area contributed by atoms with E-state index >= 15 is 0 Å². The Bertz CT molecular complexity index is 1410. The Kier molecular flexibility index (Phi) is 8.99. The first-order valence-electron chi connectivity index (χ1n) is 11.7. The Morgan fingerprint density at radius 1 is 1.11 bits per heavy atom. The number of ether oxygens (including phenoxy) is 2. The van der Waals surface area contributed by atoms with Gasteiger partial charge in [-0.3, -0.25) is 0 Å². The standard InChI is InChI=1S/C24H30N4O9S/c1-16-17(2)25-37-23(16)27(18(3)36-24(29)34-14-6-7-15-35-28(30)31)38(32,33)22-13-9-10-19-20(22)11-8-12-21(19)26(4)5/h8-13,18H,6-7,14-15H2,1-5H3. The molecule has 0 saturated carbocycles. The summed E-state index contributed by atoms with van der Waals surface area (Å²) in [5, 5.41) is 14.3. The minimum Gasteiger partial charge on any atom is -0.434 e. The number of fused-ring (bicyclic) bond motifs is 1. The Hall–Kier alpha value is -4.07. The SMILES string of the molecule is Cc1noc(N(C(C)OC(=O)OCCCCO[N+](=O)[O-])S(=O)(=O)c2cccc3c(N(C)C)cccc23)c1C. The normalized spacial score (nSPS) is 12.1. The number of rotatable bonds is 12. The number of unbranched alkanes of at least 4 members (excludes halogenated alkanes) is 1. The molecule has 1 aromatic heterocycles. The van der Waals surface area contributed by atoms with E-state index in [0.29, 0.717) is 16.6 Å². The molecule has 38 heavy (non-hydrogen) atoms. The summed E-state index contributed by atoms with van der Waals surface area (Å²) >= 11 is 0. The van der Waals surface area contributed by atoms with E-state index in [9.17, 15) is 23.3 Å². The number of hydrogen-bond donors (Lipinski definition) is 0. The van der Waals surface area contributed by atoms with Gasteiger partial charge in [-0.1, -0.05) is 29.4 Å². The van der Waals surface area contributed by atoms with Gasteiger partial charge in [0.05, 0.1) is 23.8 Å². The van der Waals surface area contributed by atoms with E-state index in [-0.39, 0.29) is 36.8 Å². The van der Waals surface area contributed by atoms with Gasteiger partial charge in [0.15, 0.2) is 6.23 Å². The third kappa shape index (κ3) is 6.25. The summed E-state index contributed by atoms with van der Waals surface area (Å²) in [7, 11) is -0.628. The number of carbonyl (C=O) groups excluding carboxylic acids is 1. The molecule has 0 aliphatic carbocycles. The monoisotopic (exact) mass is 550 g/mol. The molecule has 14 heteroatoms. The Balaban J connectivity index is 1.91. The zero-order valence-corrected chi connectivity index (χ0v) is 22.6. The van der Waals surface area contributed by atoms with Gasteiger partial charge in [-0.05, 0) is 45.7 Å². The first kappa shape index (κ1) is 28.5. The highest BCUT2D eigenvalue weighted by molar-refractivity contribution is 7.93. The maximum atomic E-state index is 14.1. The highest BCUT2D eigenvalue weighted by Gasteiger charge is 2.37. The van der Waals surface area contributed by atoms with Gasteiger partial charge in [0.25, 0.3) is 15.1 Å². The molecule has 0 radical (unpaired) electrons. The predicted molar refractivity (Wildman–Crippen MR) is 138 cm³/mol. The highest BCUT2D eigenvalue weighted by Crippen LogP contribution is 2.36. The number of aromatic nitrogens is 1. The zero-order chi connectivity index (χ0) is 28.0. The number of hydrogen-bond acceptors (Lipinski definition) is 11. The lowest BCUT2D eigenvalue weighted by molar-refractivity contribution is -0.757. The van der Waals surface area contributed by atoms with Crippen molar-refractivity contribution >= 4 is 38.5 Å². The van der Waals surface area contributed by atoms with Crippen molar-refractivity contribution in [1.82, 2.24) is 5.16 Å². The molecule has 0 amide bonds. The van der Waals surface area contributed by atoms with Crippen molar-refractivity contribution in [2.75, 3.05) is 36.5 Å². The van der Waals surface area contributed by atoms with Crippen LogP contribution >= 0.6 is 0 Å². The van der Waals surface area contributed by atoms with Gasteiger partial charge in [-0.2, -0.15) is 4.31 Å². The van der Waals surface area contributed by atoms with E-state index in [1.54, 1.807) is 32.0 Å². The smallest absolute Gasteiger partial charge is 0.434 e. The first-order chi connectivity index (χ1) is 17.9. The Morgan fingerprint density at radius 3 is 2.39 bits per heavy atom. The molecule has 0 spiro atoms. The van der Waals surface area contributed by atoms with Crippen LogP contribution < -0.4 is 9.21 Å². The Morgan fingerprint density at radius 2 is 1.76 bits per heavy atom. The molecule has 3 aromatic rings. The molecule has 206 valence electrons. The molecule has 0 N–H and O–H groups in total. The third-order valence-electron chi connectivity index (χ3n) is 5.76. The second kappa shape index (κ2) is 12.0. The van der Waals surface area contributed by atoms with Crippen LogP contribution in [0, 0.1) is 24.0 Å². The summed E-state index contributed by atoms with van der Waals surface area (Å²) in [5.41, 5.74) is 1.76. The van der Waals surface area contributed by atoms with E-state index in [1.807, 2.05) is 31.1 Å². The van der Waals surface area contributed by atoms with Gasteiger partial charge in [0.1, 0.15) is 0 Å². The summed E-state index contributed by atoms with van der Waals surface area (Å²) in [5.74, 6) is -0.0968. The van der Waals surface area contributed by atoms with Crippen LogP contribution in [0.15, 0.2) is 45.8 Å². The molecule has 2 aromatic carbocycles. The van der Waals surface area contributed by atoms with Gasteiger partial charge in [0, 0.05) is 36.1 Å². The summed E-state index contributed by atoms with van der Waals surface area (Å²) in [6.45, 7) is 4.44. The second-order valence-corrected chi connectivity index (χ2v) is 10.4. The average Bonchev–Trinajstić information content (AvgIpc) is 3.17. The van der Waals surface area contributed by atoms with E-state index < -0.39 is 27.5 Å². The fourth-order valence-corrected chi connectivity index (χ4v) is 5.52. The summed E-state index contributed by atoms with van der Waals surface area (Å²) in [4.78, 5) is 28.6. The van der Waals surface area contributed by atoms with Crippen molar-refractivity contribution in [3.8, 4) is 0 Å². The van der Waals surface area contributed by atoms with Crippen LogP contribution in [-0.4, -0.2) is 58.4 Å². The minimum atomic E-state index is -4.35. The summed E-state index contributed by atoms with van der Waals surface area (Å²) in [6.07, 6.45) is -1.93. The lowest BCUT2D eigenvalue weighted by Gasteiger charge is -2.28. The molecule has 1 heterocycles. The van der Waals surface area contributed by atoms with E-state index in [2.05, 4.69) is 9.99 Å². The minimum absolute atomic E-state index is 0.0123. The molecule has 3 rings (SSSR count). The lowest BCUT2D eigenvalue weighted by Crippen LogP contribution is -2.42. The van der Waals surface area contributed by atoms with Crippen molar-refractivity contribution in [2.45, 2.75) is 44.7 Å². The summed E-state index contributed by atoms with van der Waals surface area (Å²) < 4.78 is 44.8. The van der Waals surface area contributed by atoms with E-state index in [0.717, 1.165) is 15.4 Å². The van der Waals surface area contributed by atoms with Crippen molar-refractivity contribution in [2.24, 2.45) is 0 Å². The van der Waals surface area contributed by atoms with Gasteiger partial charge < -0.3 is 23.7 Å². The molecule has 0 fully saturated rings. The lowest BCUT2D eigenvalue weighted by atomic mass is 10.1.